The lowest BCUT2D eigenvalue weighted by atomic mass is 10.0. The zero-order chi connectivity index (χ0) is 23.5. The van der Waals surface area contributed by atoms with Gasteiger partial charge in [0.05, 0.1) is 29.9 Å². The Balaban J connectivity index is 1.60. The minimum absolute atomic E-state index is 0.171. The van der Waals surface area contributed by atoms with Crippen LogP contribution in [0.4, 0.5) is 5.82 Å². The van der Waals surface area contributed by atoms with Crippen molar-refractivity contribution >= 4 is 28.7 Å². The van der Waals surface area contributed by atoms with Crippen LogP contribution in [0.5, 0.6) is 5.75 Å². The van der Waals surface area contributed by atoms with E-state index < -0.39 is 0 Å². The van der Waals surface area contributed by atoms with Crippen molar-refractivity contribution in [3.8, 4) is 28.6 Å². The van der Waals surface area contributed by atoms with Gasteiger partial charge in [-0.15, -0.1) is 0 Å². The van der Waals surface area contributed by atoms with Gasteiger partial charge in [0.1, 0.15) is 12.0 Å². The van der Waals surface area contributed by atoms with Crippen molar-refractivity contribution in [3.05, 3.63) is 101 Å². The number of rotatable bonds is 6. The Morgan fingerprint density at radius 2 is 1.91 bits per heavy atom. The van der Waals surface area contributed by atoms with E-state index in [1.54, 1.807) is 35.9 Å². The third kappa shape index (κ3) is 4.12. The maximum atomic E-state index is 13.0. The van der Waals surface area contributed by atoms with Gasteiger partial charge in [-0.25, -0.2) is 0 Å². The zero-order valence-corrected chi connectivity index (χ0v) is 18.9. The molecule has 2 aromatic heterocycles. The van der Waals surface area contributed by atoms with E-state index in [9.17, 15) is 10.1 Å². The number of hydrogen-bond donors (Lipinski definition) is 1. The number of nitrogens with one attached hydrogen (secondary N) is 1. The summed E-state index contributed by atoms with van der Waals surface area (Å²) in [5, 5.41) is 14.0. The van der Waals surface area contributed by atoms with Gasteiger partial charge in [-0.3, -0.25) is 9.36 Å². The summed E-state index contributed by atoms with van der Waals surface area (Å²) in [5.74, 6) is 1.19. The summed E-state index contributed by atoms with van der Waals surface area (Å²) in [4.78, 5) is 14.0. The number of ether oxygens (including phenoxy) is 1. The Hall–Kier alpha value is -4.48. The van der Waals surface area contributed by atoms with Crippen molar-refractivity contribution in [1.82, 2.24) is 9.72 Å². The van der Waals surface area contributed by atoms with Crippen LogP contribution in [-0.2, 0) is 0 Å². The maximum Gasteiger partial charge on any atom is 0.255 e. The van der Waals surface area contributed by atoms with E-state index >= 15 is 0 Å². The van der Waals surface area contributed by atoms with Gasteiger partial charge in [-0.2, -0.15) is 5.26 Å². The molecule has 0 atom stereocenters. The Bertz CT molecular complexity index is 1590. The third-order valence-corrected chi connectivity index (χ3v) is 6.12. The number of pyridine rings is 1. The molecule has 0 radical (unpaired) electrons. The second-order valence-corrected chi connectivity index (χ2v) is 8.28. The highest BCUT2D eigenvalue weighted by atomic mass is 32.2. The van der Waals surface area contributed by atoms with Gasteiger partial charge < -0.3 is 14.0 Å². The van der Waals surface area contributed by atoms with Crippen LogP contribution in [0, 0.1) is 11.3 Å². The van der Waals surface area contributed by atoms with Gasteiger partial charge in [-0.05, 0) is 77.0 Å². The molecule has 1 N–H and O–H groups in total. The van der Waals surface area contributed by atoms with Gasteiger partial charge in [-0.1, -0.05) is 23.4 Å². The summed E-state index contributed by atoms with van der Waals surface area (Å²) in [6.07, 6.45) is 1.50. The molecule has 0 aliphatic rings. The second kappa shape index (κ2) is 9.17. The fourth-order valence-electron chi connectivity index (χ4n) is 3.73. The molecule has 166 valence electrons. The van der Waals surface area contributed by atoms with Gasteiger partial charge >= 0.3 is 0 Å². The number of nitriles is 1. The SMILES string of the molecule is COc1ccc(-c2cccc(C#N)c2)cc1-n1c(=O)ccc2cc(SNc3ccon3)ccc21. The summed E-state index contributed by atoms with van der Waals surface area (Å²) in [5.41, 5.74) is 3.53. The van der Waals surface area contributed by atoms with Crippen LogP contribution in [0.25, 0.3) is 27.7 Å². The molecule has 0 bridgehead atoms. The smallest absolute Gasteiger partial charge is 0.255 e. The normalized spacial score (nSPS) is 10.7. The Labute approximate surface area is 199 Å². The number of benzene rings is 3. The molecule has 8 heteroatoms. The van der Waals surface area contributed by atoms with E-state index in [0.717, 1.165) is 26.9 Å². The van der Waals surface area contributed by atoms with Crippen molar-refractivity contribution in [1.29, 1.82) is 5.26 Å². The molecule has 0 unspecified atom stereocenters. The van der Waals surface area contributed by atoms with Gasteiger partial charge in [0.25, 0.3) is 5.56 Å². The lowest BCUT2D eigenvalue weighted by Gasteiger charge is -2.16. The Kier molecular flexibility index (Phi) is 5.77. The van der Waals surface area contributed by atoms with E-state index in [1.165, 1.54) is 18.2 Å². The number of methoxy groups -OCH3 is 1. The van der Waals surface area contributed by atoms with Crippen molar-refractivity contribution in [2.75, 3.05) is 11.8 Å². The molecule has 0 fully saturated rings. The average molecular weight is 467 g/mol. The first-order valence-electron chi connectivity index (χ1n) is 10.3. The summed E-state index contributed by atoms with van der Waals surface area (Å²) in [7, 11) is 1.58. The van der Waals surface area contributed by atoms with Crippen LogP contribution in [0.3, 0.4) is 0 Å². The number of nitrogens with zero attached hydrogens (tertiary/aromatic N) is 3. The quantitative estimate of drug-likeness (QED) is 0.323. The monoisotopic (exact) mass is 466 g/mol. The number of aromatic nitrogens is 2. The summed E-state index contributed by atoms with van der Waals surface area (Å²) in [6, 6.07) is 26.1. The van der Waals surface area contributed by atoms with E-state index in [1.807, 2.05) is 54.6 Å². The molecule has 0 amide bonds. The highest BCUT2D eigenvalue weighted by Gasteiger charge is 2.13. The average Bonchev–Trinajstić information content (AvgIpc) is 3.41. The van der Waals surface area contributed by atoms with Crippen LogP contribution in [-0.4, -0.2) is 16.8 Å². The van der Waals surface area contributed by atoms with Crippen molar-refractivity contribution in [3.63, 3.8) is 0 Å². The molecule has 3 aromatic carbocycles. The summed E-state index contributed by atoms with van der Waals surface area (Å²) >= 11 is 1.40. The molecule has 7 nitrogen and oxygen atoms in total. The molecule has 2 heterocycles. The molecule has 5 rings (SSSR count). The number of fused-ring (bicyclic) bond motifs is 1. The minimum atomic E-state index is -0.171. The van der Waals surface area contributed by atoms with Crippen LogP contribution < -0.4 is 15.0 Å². The molecule has 34 heavy (non-hydrogen) atoms. The second-order valence-electron chi connectivity index (χ2n) is 7.40. The molecule has 0 saturated carbocycles. The van der Waals surface area contributed by atoms with Gasteiger partial charge in [0, 0.05) is 17.0 Å². The van der Waals surface area contributed by atoms with E-state index in [0.29, 0.717) is 22.8 Å². The molecular weight excluding hydrogens is 448 g/mol. The number of hydrogen-bond acceptors (Lipinski definition) is 7. The van der Waals surface area contributed by atoms with Crippen LogP contribution in [0.15, 0.2) is 99.3 Å². The topological polar surface area (TPSA) is 93.1 Å². The van der Waals surface area contributed by atoms with Gasteiger partial charge in [0.2, 0.25) is 0 Å². The fraction of sp³-hybridized carbons (Fsp3) is 0.0385. The van der Waals surface area contributed by atoms with Crippen LogP contribution in [0.1, 0.15) is 5.56 Å². The van der Waals surface area contributed by atoms with Crippen LogP contribution >= 0.6 is 11.9 Å². The predicted octanol–water partition coefficient (Wildman–Crippen LogP) is 5.65. The largest absolute Gasteiger partial charge is 0.495 e. The van der Waals surface area contributed by atoms with E-state index in [4.69, 9.17) is 9.26 Å². The molecule has 5 aromatic rings. The lowest BCUT2D eigenvalue weighted by Crippen LogP contribution is -2.18. The number of anilines is 1. The van der Waals surface area contributed by atoms with Crippen molar-refractivity contribution in [2.24, 2.45) is 0 Å². The first-order valence-corrected chi connectivity index (χ1v) is 11.2. The minimum Gasteiger partial charge on any atom is -0.495 e. The summed E-state index contributed by atoms with van der Waals surface area (Å²) < 4.78 is 15.2. The van der Waals surface area contributed by atoms with Crippen molar-refractivity contribution < 1.29 is 9.26 Å². The molecular formula is C26H18N4O3S. The molecule has 0 aliphatic heterocycles. The maximum absolute atomic E-state index is 13.0. The predicted molar refractivity (Wildman–Crippen MR) is 132 cm³/mol. The first-order chi connectivity index (χ1) is 16.7. The first kappa shape index (κ1) is 21.4. The Morgan fingerprint density at radius 1 is 1.03 bits per heavy atom. The van der Waals surface area contributed by atoms with Crippen molar-refractivity contribution in [2.45, 2.75) is 4.90 Å². The molecule has 0 saturated heterocycles. The Morgan fingerprint density at radius 3 is 2.71 bits per heavy atom. The third-order valence-electron chi connectivity index (χ3n) is 5.32. The van der Waals surface area contributed by atoms with Crippen LogP contribution in [0.2, 0.25) is 0 Å². The summed E-state index contributed by atoms with van der Waals surface area (Å²) in [6.45, 7) is 0. The lowest BCUT2D eigenvalue weighted by molar-refractivity contribution is 0.413. The molecule has 0 aliphatic carbocycles. The fourth-order valence-corrected chi connectivity index (χ4v) is 4.37. The molecule has 0 spiro atoms. The van der Waals surface area contributed by atoms with E-state index in [2.05, 4.69) is 15.9 Å². The highest BCUT2D eigenvalue weighted by Crippen LogP contribution is 2.32. The van der Waals surface area contributed by atoms with E-state index in [-0.39, 0.29) is 5.56 Å². The zero-order valence-electron chi connectivity index (χ0n) is 18.1. The highest BCUT2D eigenvalue weighted by molar-refractivity contribution is 8.00. The standard InChI is InChI=1S/C26H18N4O3S/c1-32-24-9-5-19(18-4-2-3-17(13-18)16-27)15-23(24)30-22-8-7-21(14-20(22)6-10-26(30)31)34-29-25-11-12-33-28-25/h2-15H,1H3,(H,28,29). The van der Waals surface area contributed by atoms with Gasteiger partial charge in [0.15, 0.2) is 5.82 Å².